The lowest BCUT2D eigenvalue weighted by Gasteiger charge is -2.16. The van der Waals surface area contributed by atoms with Crippen molar-refractivity contribution in [3.05, 3.63) is 59.9 Å². The van der Waals surface area contributed by atoms with Gasteiger partial charge in [-0.1, -0.05) is 0 Å². The fraction of sp³-hybridized carbons (Fsp3) is 0.0667. The van der Waals surface area contributed by atoms with Gasteiger partial charge in [0.25, 0.3) is 0 Å². The van der Waals surface area contributed by atoms with E-state index in [1.165, 1.54) is 17.1 Å². The number of ether oxygens (including phenoxy) is 1. The molecule has 0 bridgehead atoms. The number of anilines is 1. The zero-order valence-corrected chi connectivity index (χ0v) is 12.2. The largest absolute Gasteiger partial charge is 0.497 e. The Labute approximate surface area is 127 Å². The van der Waals surface area contributed by atoms with Crippen LogP contribution in [-0.2, 0) is 0 Å². The maximum Gasteiger partial charge on any atom is 0.191 e. The number of halogens is 1. The number of benzene rings is 2. The molecule has 0 atom stereocenters. The van der Waals surface area contributed by atoms with Crippen molar-refractivity contribution in [3.8, 4) is 5.75 Å². The Morgan fingerprint density at radius 2 is 1.81 bits per heavy atom. The first-order chi connectivity index (χ1) is 10.1. The van der Waals surface area contributed by atoms with Gasteiger partial charge < -0.3 is 10.5 Å². The second kappa shape index (κ2) is 6.81. The normalized spacial score (nSPS) is 10.6. The van der Waals surface area contributed by atoms with Gasteiger partial charge in [-0.3, -0.25) is 0 Å². The van der Waals surface area contributed by atoms with E-state index in [1.54, 1.807) is 25.5 Å². The molecule has 0 spiro atoms. The second-order valence-electron chi connectivity index (χ2n) is 4.14. The van der Waals surface area contributed by atoms with Crippen molar-refractivity contribution in [1.82, 2.24) is 0 Å². The van der Waals surface area contributed by atoms with Gasteiger partial charge in [-0.15, -0.1) is 0 Å². The monoisotopic (exact) mass is 303 g/mol. The number of thiocarbonyl (C=S) groups is 1. The molecule has 0 saturated carbocycles. The van der Waals surface area contributed by atoms with Gasteiger partial charge in [-0.05, 0) is 66.3 Å². The number of hydrogen-bond donors (Lipinski definition) is 1. The van der Waals surface area contributed by atoms with Crippen molar-refractivity contribution in [2.24, 2.45) is 10.8 Å². The lowest BCUT2D eigenvalue weighted by atomic mass is 10.2. The number of nitrogens with zero attached hydrogens (tertiary/aromatic N) is 2. The van der Waals surface area contributed by atoms with Gasteiger partial charge in [-0.25, -0.2) is 9.40 Å². The van der Waals surface area contributed by atoms with Crippen LogP contribution in [0.3, 0.4) is 0 Å². The minimum atomic E-state index is -0.333. The quantitative estimate of drug-likeness (QED) is 0.536. The van der Waals surface area contributed by atoms with Crippen LogP contribution in [0.25, 0.3) is 0 Å². The van der Waals surface area contributed by atoms with Crippen molar-refractivity contribution in [2.45, 2.75) is 0 Å². The van der Waals surface area contributed by atoms with Crippen LogP contribution in [0.4, 0.5) is 10.1 Å². The summed E-state index contributed by atoms with van der Waals surface area (Å²) in [6, 6.07) is 13.1. The number of nitrogens with two attached hydrogens (primary N) is 1. The van der Waals surface area contributed by atoms with Crippen LogP contribution < -0.4 is 15.5 Å². The molecule has 6 heteroatoms. The summed E-state index contributed by atoms with van der Waals surface area (Å²) in [6.45, 7) is 0. The molecule has 0 aliphatic heterocycles. The minimum Gasteiger partial charge on any atom is -0.497 e. The summed E-state index contributed by atoms with van der Waals surface area (Å²) in [5.74, 6) is 0.428. The van der Waals surface area contributed by atoms with Crippen molar-refractivity contribution in [3.63, 3.8) is 0 Å². The molecular formula is C15H14FN3OS. The van der Waals surface area contributed by atoms with Gasteiger partial charge in [0.2, 0.25) is 0 Å². The van der Waals surface area contributed by atoms with E-state index in [2.05, 4.69) is 5.10 Å². The van der Waals surface area contributed by atoms with Gasteiger partial charge in [-0.2, -0.15) is 5.10 Å². The van der Waals surface area contributed by atoms with Gasteiger partial charge in [0, 0.05) is 0 Å². The fourth-order valence-electron chi connectivity index (χ4n) is 1.65. The van der Waals surface area contributed by atoms with Gasteiger partial charge in [0.1, 0.15) is 11.6 Å². The van der Waals surface area contributed by atoms with Crippen LogP contribution in [0, 0.1) is 5.82 Å². The van der Waals surface area contributed by atoms with E-state index in [0.717, 1.165) is 11.3 Å². The van der Waals surface area contributed by atoms with Crippen molar-refractivity contribution in [1.29, 1.82) is 0 Å². The molecule has 2 aromatic carbocycles. The van der Waals surface area contributed by atoms with E-state index in [-0.39, 0.29) is 10.9 Å². The van der Waals surface area contributed by atoms with Gasteiger partial charge in [0.05, 0.1) is 19.0 Å². The molecule has 0 radical (unpaired) electrons. The molecule has 2 aromatic rings. The molecule has 2 rings (SSSR count). The highest BCUT2D eigenvalue weighted by atomic mass is 32.1. The zero-order valence-electron chi connectivity index (χ0n) is 11.4. The van der Waals surface area contributed by atoms with Crippen molar-refractivity contribution >= 4 is 29.2 Å². The Kier molecular flexibility index (Phi) is 4.84. The summed E-state index contributed by atoms with van der Waals surface area (Å²) >= 11 is 4.96. The number of methoxy groups -OCH3 is 1. The van der Waals surface area contributed by atoms with Gasteiger partial charge in [0.15, 0.2) is 5.11 Å². The summed E-state index contributed by atoms with van der Waals surface area (Å²) in [5.41, 5.74) is 7.10. The van der Waals surface area contributed by atoms with E-state index >= 15 is 0 Å². The summed E-state index contributed by atoms with van der Waals surface area (Å²) < 4.78 is 18.0. The lowest BCUT2D eigenvalue weighted by Crippen LogP contribution is -2.30. The molecule has 0 saturated heterocycles. The Bertz CT molecular complexity index is 641. The third-order valence-corrected chi connectivity index (χ3v) is 2.89. The first kappa shape index (κ1) is 14.9. The first-order valence-corrected chi connectivity index (χ1v) is 6.54. The maximum absolute atomic E-state index is 12.9. The zero-order chi connectivity index (χ0) is 15.2. The predicted molar refractivity (Wildman–Crippen MR) is 86.3 cm³/mol. The Hall–Kier alpha value is -2.47. The number of rotatable bonds is 4. The highest BCUT2D eigenvalue weighted by Gasteiger charge is 2.07. The summed E-state index contributed by atoms with van der Waals surface area (Å²) in [7, 11) is 1.60. The van der Waals surface area contributed by atoms with Crippen molar-refractivity contribution < 1.29 is 9.13 Å². The average Bonchev–Trinajstić information content (AvgIpc) is 2.49. The Morgan fingerprint density at radius 1 is 1.19 bits per heavy atom. The average molecular weight is 303 g/mol. The molecule has 0 heterocycles. The minimum absolute atomic E-state index is 0.0753. The number of hydrazone groups is 1. The molecule has 108 valence electrons. The molecule has 0 aliphatic rings. The second-order valence-corrected chi connectivity index (χ2v) is 4.56. The molecule has 0 unspecified atom stereocenters. The van der Waals surface area contributed by atoms with Crippen LogP contribution in [0.5, 0.6) is 5.75 Å². The van der Waals surface area contributed by atoms with Crippen LogP contribution in [-0.4, -0.2) is 18.4 Å². The Morgan fingerprint density at radius 3 is 2.33 bits per heavy atom. The molecule has 0 amide bonds. The van der Waals surface area contributed by atoms with Crippen LogP contribution in [0.15, 0.2) is 53.6 Å². The molecule has 2 N–H and O–H groups in total. The number of hydrogen-bond acceptors (Lipinski definition) is 3. The topological polar surface area (TPSA) is 50.8 Å². The standard InChI is InChI=1S/C15H14FN3OS/c1-20-14-8-2-11(3-9-14)10-18-19(15(17)21)13-6-4-12(16)5-7-13/h2-10H,1H3,(H2,17,21)/b18-10-. The predicted octanol–water partition coefficient (Wildman–Crippen LogP) is 2.92. The highest BCUT2D eigenvalue weighted by Crippen LogP contribution is 2.15. The fourth-order valence-corrected chi connectivity index (χ4v) is 1.80. The molecule has 4 nitrogen and oxygen atoms in total. The SMILES string of the molecule is COc1ccc(/C=N\N(C(N)=S)c2ccc(F)cc2)cc1. The molecular weight excluding hydrogens is 289 g/mol. The van der Waals surface area contributed by atoms with Crippen LogP contribution >= 0.6 is 12.2 Å². The van der Waals surface area contributed by atoms with E-state index in [0.29, 0.717) is 5.69 Å². The summed E-state index contributed by atoms with van der Waals surface area (Å²) in [6.07, 6.45) is 1.61. The third-order valence-electron chi connectivity index (χ3n) is 2.72. The van der Waals surface area contributed by atoms with Crippen LogP contribution in [0.2, 0.25) is 0 Å². The van der Waals surface area contributed by atoms with Crippen LogP contribution in [0.1, 0.15) is 5.56 Å². The lowest BCUT2D eigenvalue weighted by molar-refractivity contribution is 0.415. The van der Waals surface area contributed by atoms with Crippen molar-refractivity contribution in [2.75, 3.05) is 12.1 Å². The molecule has 0 fully saturated rings. The summed E-state index contributed by atoms with van der Waals surface area (Å²) in [5, 5.41) is 5.66. The maximum atomic E-state index is 12.9. The van der Waals surface area contributed by atoms with E-state index in [4.69, 9.17) is 22.7 Å². The molecule has 0 aliphatic carbocycles. The van der Waals surface area contributed by atoms with Gasteiger partial charge >= 0.3 is 0 Å². The first-order valence-electron chi connectivity index (χ1n) is 6.13. The smallest absolute Gasteiger partial charge is 0.191 e. The molecule has 0 aromatic heterocycles. The van der Waals surface area contributed by atoms with E-state index < -0.39 is 0 Å². The Balaban J connectivity index is 2.20. The van der Waals surface area contributed by atoms with E-state index in [1.807, 2.05) is 24.3 Å². The summed E-state index contributed by atoms with van der Waals surface area (Å²) in [4.78, 5) is 0. The highest BCUT2D eigenvalue weighted by molar-refractivity contribution is 7.80. The third kappa shape index (κ3) is 4.00. The van der Waals surface area contributed by atoms with E-state index in [9.17, 15) is 4.39 Å². The molecule has 21 heavy (non-hydrogen) atoms.